The molecule has 120 valence electrons. The van der Waals surface area contributed by atoms with Gasteiger partial charge in [-0.3, -0.25) is 0 Å². The quantitative estimate of drug-likeness (QED) is 0.455. The van der Waals surface area contributed by atoms with E-state index in [1.54, 1.807) is 7.05 Å². The van der Waals surface area contributed by atoms with E-state index in [2.05, 4.69) is 5.32 Å². The molecule has 1 aromatic carbocycles. The lowest BCUT2D eigenvalue weighted by atomic mass is 9.77. The molecule has 6 nitrogen and oxygen atoms in total. The van der Waals surface area contributed by atoms with E-state index in [0.717, 1.165) is 16.7 Å². The lowest BCUT2D eigenvalue weighted by molar-refractivity contribution is -0.147. The van der Waals surface area contributed by atoms with Crippen molar-refractivity contribution in [2.24, 2.45) is 11.7 Å². The molecule has 1 aliphatic carbocycles. The van der Waals surface area contributed by atoms with Gasteiger partial charge in [0.05, 0.1) is 0 Å². The van der Waals surface area contributed by atoms with Gasteiger partial charge in [0, 0.05) is 6.54 Å². The summed E-state index contributed by atoms with van der Waals surface area (Å²) in [5, 5.41) is 30.8. The van der Waals surface area contributed by atoms with Crippen molar-refractivity contribution >= 4 is 13.1 Å². The number of carboxylic acids is 1. The zero-order chi connectivity index (χ0) is 16.3. The van der Waals surface area contributed by atoms with Crippen molar-refractivity contribution in [3.63, 3.8) is 0 Å². The van der Waals surface area contributed by atoms with Gasteiger partial charge in [-0.1, -0.05) is 24.6 Å². The largest absolute Gasteiger partial charge is 0.480 e. The minimum atomic E-state index is -1.35. The second kappa shape index (κ2) is 6.79. The fraction of sp³-hybridized carbons (Fsp3) is 0.533. The summed E-state index contributed by atoms with van der Waals surface area (Å²) >= 11 is 0. The maximum Gasteiger partial charge on any atom is 0.451 e. The number of carbonyl (C=O) groups is 1. The summed E-state index contributed by atoms with van der Waals surface area (Å²) < 4.78 is 0. The maximum absolute atomic E-state index is 12.0. The molecule has 0 saturated heterocycles. The Kier molecular flexibility index (Phi) is 5.23. The van der Waals surface area contributed by atoms with Crippen molar-refractivity contribution in [3.8, 4) is 0 Å². The number of hydrogen-bond acceptors (Lipinski definition) is 5. The third kappa shape index (κ3) is 2.89. The molecule has 2 atom stereocenters. The van der Waals surface area contributed by atoms with E-state index in [9.17, 15) is 9.90 Å². The van der Waals surface area contributed by atoms with Gasteiger partial charge in [-0.2, -0.15) is 0 Å². The molecule has 0 aliphatic heterocycles. The van der Waals surface area contributed by atoms with E-state index in [-0.39, 0.29) is 12.2 Å². The summed E-state index contributed by atoms with van der Waals surface area (Å²) in [4.78, 5) is 12.0. The Hall–Kier alpha value is -1.41. The molecule has 1 unspecified atom stereocenters. The van der Waals surface area contributed by atoms with Gasteiger partial charge in [-0.25, -0.2) is 4.79 Å². The molecule has 0 amide bonds. The normalized spacial score (nSPS) is 23.4. The fourth-order valence-electron chi connectivity index (χ4n) is 3.54. The summed E-state index contributed by atoms with van der Waals surface area (Å²) in [7, 11) is 0.313. The van der Waals surface area contributed by atoms with E-state index >= 15 is 0 Å². The highest BCUT2D eigenvalue weighted by atomic mass is 16.4. The molecule has 2 rings (SSSR count). The van der Waals surface area contributed by atoms with Crippen LogP contribution in [0.25, 0.3) is 0 Å². The van der Waals surface area contributed by atoms with Crippen molar-refractivity contribution in [1.29, 1.82) is 0 Å². The van der Waals surface area contributed by atoms with Crippen molar-refractivity contribution in [2.45, 2.75) is 37.7 Å². The van der Waals surface area contributed by atoms with Crippen LogP contribution in [0.2, 0.25) is 6.32 Å². The SMILES string of the molecule is CN[C@@]1(C(=O)O)c2cc(CN)ccc2CC1CCCB(O)O. The van der Waals surface area contributed by atoms with Gasteiger partial charge in [0.15, 0.2) is 0 Å². The molecule has 1 aliphatic rings. The average molecular weight is 306 g/mol. The molecule has 0 spiro atoms. The average Bonchev–Trinajstić information content (AvgIpc) is 2.80. The van der Waals surface area contributed by atoms with Crippen molar-refractivity contribution in [2.75, 3.05) is 7.05 Å². The maximum atomic E-state index is 12.0. The minimum Gasteiger partial charge on any atom is -0.480 e. The van der Waals surface area contributed by atoms with Crippen molar-refractivity contribution < 1.29 is 19.9 Å². The summed E-state index contributed by atoms with van der Waals surface area (Å²) in [5.74, 6) is -1.03. The monoisotopic (exact) mass is 306 g/mol. The standard InChI is InChI=1S/C15H23BN2O4/c1-18-15(14(19)20)12(3-2-6-16(21)22)8-11-5-4-10(9-17)7-13(11)15/h4-5,7,12,18,21-22H,2-3,6,8-9,17H2,1H3,(H,19,20)/t12?,15-/m1/s1. The Morgan fingerprint density at radius 3 is 2.77 bits per heavy atom. The summed E-state index contributed by atoms with van der Waals surface area (Å²) in [6.07, 6.45) is 2.09. The highest BCUT2D eigenvalue weighted by Gasteiger charge is 2.51. The minimum absolute atomic E-state index is 0.128. The van der Waals surface area contributed by atoms with Crippen LogP contribution in [0.1, 0.15) is 29.5 Å². The molecule has 0 heterocycles. The van der Waals surface area contributed by atoms with E-state index in [0.29, 0.717) is 25.8 Å². The van der Waals surface area contributed by atoms with E-state index in [1.807, 2.05) is 18.2 Å². The predicted molar refractivity (Wildman–Crippen MR) is 84.1 cm³/mol. The van der Waals surface area contributed by atoms with E-state index < -0.39 is 18.6 Å². The summed E-state index contributed by atoms with van der Waals surface area (Å²) in [5.41, 5.74) is 7.24. The van der Waals surface area contributed by atoms with Gasteiger partial charge < -0.3 is 26.2 Å². The Balaban J connectivity index is 2.34. The third-order valence-electron chi connectivity index (χ3n) is 4.66. The van der Waals surface area contributed by atoms with Crippen LogP contribution in [-0.2, 0) is 23.3 Å². The molecular formula is C15H23BN2O4. The van der Waals surface area contributed by atoms with Crippen LogP contribution < -0.4 is 11.1 Å². The topological polar surface area (TPSA) is 116 Å². The van der Waals surface area contributed by atoms with Crippen LogP contribution in [0, 0.1) is 5.92 Å². The van der Waals surface area contributed by atoms with E-state index in [1.165, 1.54) is 0 Å². The molecular weight excluding hydrogens is 283 g/mol. The van der Waals surface area contributed by atoms with Crippen LogP contribution in [0.4, 0.5) is 0 Å². The summed E-state index contributed by atoms with van der Waals surface area (Å²) in [6, 6.07) is 5.76. The van der Waals surface area contributed by atoms with Crippen LogP contribution >= 0.6 is 0 Å². The van der Waals surface area contributed by atoms with Gasteiger partial charge in [-0.15, -0.1) is 0 Å². The number of likely N-dealkylation sites (N-methyl/N-ethyl adjacent to an activating group) is 1. The van der Waals surface area contributed by atoms with Gasteiger partial charge in [-0.05, 0) is 48.8 Å². The Morgan fingerprint density at radius 2 is 2.23 bits per heavy atom. The lowest BCUT2D eigenvalue weighted by Gasteiger charge is -2.32. The smallest absolute Gasteiger partial charge is 0.451 e. The number of fused-ring (bicyclic) bond motifs is 1. The van der Waals surface area contributed by atoms with Crippen LogP contribution in [-0.4, -0.2) is 35.3 Å². The highest BCUT2D eigenvalue weighted by Crippen LogP contribution is 2.44. The molecule has 0 bridgehead atoms. The van der Waals surface area contributed by atoms with Crippen LogP contribution in [0.5, 0.6) is 0 Å². The second-order valence-corrected chi connectivity index (χ2v) is 5.87. The number of nitrogens with one attached hydrogen (secondary N) is 1. The van der Waals surface area contributed by atoms with Gasteiger partial charge >= 0.3 is 13.1 Å². The van der Waals surface area contributed by atoms with Gasteiger partial charge in [0.1, 0.15) is 5.54 Å². The Bertz CT molecular complexity index is 552. The number of hydrogen-bond donors (Lipinski definition) is 5. The summed E-state index contributed by atoms with van der Waals surface area (Å²) in [6.45, 7) is 0.369. The zero-order valence-electron chi connectivity index (χ0n) is 12.7. The first kappa shape index (κ1) is 17.0. The molecule has 0 saturated carbocycles. The molecule has 0 radical (unpaired) electrons. The molecule has 6 N–H and O–H groups in total. The number of nitrogens with two attached hydrogens (primary N) is 1. The van der Waals surface area contributed by atoms with Gasteiger partial charge in [0.25, 0.3) is 0 Å². The number of rotatable bonds is 7. The number of carboxylic acid groups (broad SMARTS) is 1. The highest BCUT2D eigenvalue weighted by molar-refractivity contribution is 6.40. The van der Waals surface area contributed by atoms with Crippen LogP contribution in [0.3, 0.4) is 0 Å². The zero-order valence-corrected chi connectivity index (χ0v) is 12.7. The molecule has 1 aromatic rings. The first-order chi connectivity index (χ1) is 10.5. The van der Waals surface area contributed by atoms with E-state index in [4.69, 9.17) is 15.8 Å². The molecule has 0 aromatic heterocycles. The second-order valence-electron chi connectivity index (χ2n) is 5.87. The number of benzene rings is 1. The first-order valence-electron chi connectivity index (χ1n) is 7.56. The van der Waals surface area contributed by atoms with Crippen LogP contribution in [0.15, 0.2) is 18.2 Å². The number of aliphatic carboxylic acids is 1. The predicted octanol–water partition coefficient (Wildman–Crippen LogP) is 0.0699. The molecule has 7 heteroatoms. The molecule has 0 fully saturated rings. The third-order valence-corrected chi connectivity index (χ3v) is 4.66. The molecule has 22 heavy (non-hydrogen) atoms. The van der Waals surface area contributed by atoms with Crippen molar-refractivity contribution in [1.82, 2.24) is 5.32 Å². The Labute approximate surface area is 130 Å². The Morgan fingerprint density at radius 1 is 1.50 bits per heavy atom. The first-order valence-corrected chi connectivity index (χ1v) is 7.56. The van der Waals surface area contributed by atoms with Gasteiger partial charge in [0.2, 0.25) is 0 Å². The van der Waals surface area contributed by atoms with Crippen molar-refractivity contribution in [3.05, 3.63) is 34.9 Å². The lowest BCUT2D eigenvalue weighted by Crippen LogP contribution is -2.51. The fourth-order valence-corrected chi connectivity index (χ4v) is 3.54.